The van der Waals surface area contributed by atoms with Gasteiger partial charge in [-0.05, 0) is 42.5 Å². The van der Waals surface area contributed by atoms with E-state index < -0.39 is 5.97 Å². The Hall–Kier alpha value is -2.80. The SMILES string of the molecule is N#Cc1ccc(OC(=O)C=Cc2ccco2)cc1. The van der Waals surface area contributed by atoms with E-state index >= 15 is 0 Å². The van der Waals surface area contributed by atoms with Crippen molar-refractivity contribution in [3.8, 4) is 11.8 Å². The molecule has 4 nitrogen and oxygen atoms in total. The molecule has 0 bridgehead atoms. The fourth-order valence-electron chi connectivity index (χ4n) is 1.28. The van der Waals surface area contributed by atoms with Gasteiger partial charge in [-0.2, -0.15) is 5.26 Å². The topological polar surface area (TPSA) is 63.2 Å². The summed E-state index contributed by atoms with van der Waals surface area (Å²) in [6, 6.07) is 11.7. The Labute approximate surface area is 104 Å². The van der Waals surface area contributed by atoms with Crippen molar-refractivity contribution in [3.05, 3.63) is 60.1 Å². The van der Waals surface area contributed by atoms with Crippen LogP contribution in [0.3, 0.4) is 0 Å². The summed E-state index contributed by atoms with van der Waals surface area (Å²) in [4.78, 5) is 11.4. The third kappa shape index (κ3) is 3.09. The van der Waals surface area contributed by atoms with Crippen molar-refractivity contribution in [2.75, 3.05) is 0 Å². The molecule has 0 amide bonds. The largest absolute Gasteiger partial charge is 0.465 e. The highest BCUT2D eigenvalue weighted by atomic mass is 16.5. The number of furan rings is 1. The number of hydrogen-bond acceptors (Lipinski definition) is 4. The van der Waals surface area contributed by atoms with Crippen LogP contribution in [0, 0.1) is 11.3 Å². The lowest BCUT2D eigenvalue weighted by atomic mass is 10.2. The second-order valence-corrected chi connectivity index (χ2v) is 3.41. The van der Waals surface area contributed by atoms with E-state index in [1.54, 1.807) is 36.4 Å². The quantitative estimate of drug-likeness (QED) is 0.469. The molecule has 1 aromatic heterocycles. The Balaban J connectivity index is 1.97. The average Bonchev–Trinajstić information content (AvgIpc) is 2.90. The van der Waals surface area contributed by atoms with Crippen LogP contribution in [-0.2, 0) is 4.79 Å². The second-order valence-electron chi connectivity index (χ2n) is 3.41. The molecular formula is C14H9NO3. The first kappa shape index (κ1) is 11.7. The summed E-state index contributed by atoms with van der Waals surface area (Å²) in [5.74, 6) is 0.464. The molecule has 0 fully saturated rings. The third-order valence-corrected chi connectivity index (χ3v) is 2.13. The molecule has 1 heterocycles. The van der Waals surface area contributed by atoms with Gasteiger partial charge in [-0.25, -0.2) is 4.79 Å². The Bertz CT molecular complexity index is 589. The first-order valence-corrected chi connectivity index (χ1v) is 5.21. The summed E-state index contributed by atoms with van der Waals surface area (Å²) in [6.45, 7) is 0. The zero-order valence-corrected chi connectivity index (χ0v) is 9.37. The van der Waals surface area contributed by atoms with Crippen LogP contribution in [0.5, 0.6) is 5.75 Å². The Morgan fingerprint density at radius 3 is 2.67 bits per heavy atom. The van der Waals surface area contributed by atoms with Crippen molar-refractivity contribution >= 4 is 12.0 Å². The van der Waals surface area contributed by atoms with Crippen molar-refractivity contribution in [2.45, 2.75) is 0 Å². The standard InChI is InChI=1S/C14H9NO3/c15-10-11-3-5-13(6-4-11)18-14(16)8-7-12-2-1-9-17-12/h1-9H. The molecule has 0 N–H and O–H groups in total. The summed E-state index contributed by atoms with van der Waals surface area (Å²) in [5, 5.41) is 8.62. The molecule has 1 aromatic carbocycles. The summed E-state index contributed by atoms with van der Waals surface area (Å²) in [7, 11) is 0. The zero-order chi connectivity index (χ0) is 12.8. The molecule has 88 valence electrons. The number of benzene rings is 1. The predicted molar refractivity (Wildman–Crippen MR) is 64.5 cm³/mol. The van der Waals surface area contributed by atoms with E-state index in [0.717, 1.165) is 0 Å². The van der Waals surface area contributed by atoms with Crippen molar-refractivity contribution < 1.29 is 13.9 Å². The van der Waals surface area contributed by atoms with Crippen LogP contribution in [0.15, 0.2) is 53.2 Å². The molecule has 0 spiro atoms. The Morgan fingerprint density at radius 1 is 1.28 bits per heavy atom. The van der Waals surface area contributed by atoms with Gasteiger partial charge in [0, 0.05) is 6.08 Å². The van der Waals surface area contributed by atoms with Gasteiger partial charge in [0.1, 0.15) is 11.5 Å². The highest BCUT2D eigenvalue weighted by Gasteiger charge is 2.00. The lowest BCUT2D eigenvalue weighted by Gasteiger charge is -2.00. The van der Waals surface area contributed by atoms with Crippen molar-refractivity contribution in [1.82, 2.24) is 0 Å². The van der Waals surface area contributed by atoms with Gasteiger partial charge in [-0.1, -0.05) is 0 Å². The molecule has 2 aromatic rings. The van der Waals surface area contributed by atoms with E-state index in [4.69, 9.17) is 14.4 Å². The molecule has 2 rings (SSSR count). The first-order valence-electron chi connectivity index (χ1n) is 5.21. The molecule has 0 atom stereocenters. The van der Waals surface area contributed by atoms with E-state index in [-0.39, 0.29) is 0 Å². The van der Waals surface area contributed by atoms with E-state index in [2.05, 4.69) is 0 Å². The van der Waals surface area contributed by atoms with Gasteiger partial charge in [0.25, 0.3) is 0 Å². The van der Waals surface area contributed by atoms with Gasteiger partial charge in [-0.15, -0.1) is 0 Å². The first-order chi connectivity index (χ1) is 8.78. The molecule has 0 saturated heterocycles. The van der Waals surface area contributed by atoms with Crippen molar-refractivity contribution in [2.24, 2.45) is 0 Å². The molecule has 0 unspecified atom stereocenters. The highest BCUT2D eigenvalue weighted by molar-refractivity contribution is 5.88. The molecule has 0 aliphatic carbocycles. The molecule has 4 heteroatoms. The lowest BCUT2D eigenvalue weighted by molar-refractivity contribution is -0.128. The van der Waals surface area contributed by atoms with E-state index in [1.165, 1.54) is 18.4 Å². The average molecular weight is 239 g/mol. The van der Waals surface area contributed by atoms with Crippen LogP contribution in [-0.4, -0.2) is 5.97 Å². The number of carbonyl (C=O) groups is 1. The number of esters is 1. The van der Waals surface area contributed by atoms with Gasteiger partial charge in [0.05, 0.1) is 17.9 Å². The molecule has 0 aliphatic rings. The van der Waals surface area contributed by atoms with Gasteiger partial charge in [0.2, 0.25) is 0 Å². The molecule has 18 heavy (non-hydrogen) atoms. The van der Waals surface area contributed by atoms with Gasteiger partial charge >= 0.3 is 5.97 Å². The molecule has 0 radical (unpaired) electrons. The van der Waals surface area contributed by atoms with Gasteiger partial charge < -0.3 is 9.15 Å². The molecule has 0 aliphatic heterocycles. The minimum Gasteiger partial charge on any atom is -0.465 e. The fourth-order valence-corrected chi connectivity index (χ4v) is 1.28. The van der Waals surface area contributed by atoms with Crippen LogP contribution in [0.2, 0.25) is 0 Å². The molecular weight excluding hydrogens is 230 g/mol. The normalized spacial score (nSPS) is 10.2. The maximum absolute atomic E-state index is 11.4. The second kappa shape index (κ2) is 5.51. The van der Waals surface area contributed by atoms with Crippen LogP contribution in [0.25, 0.3) is 6.08 Å². The van der Waals surface area contributed by atoms with Crippen molar-refractivity contribution in [1.29, 1.82) is 5.26 Å². The monoisotopic (exact) mass is 239 g/mol. The van der Waals surface area contributed by atoms with E-state index in [9.17, 15) is 4.79 Å². The number of hydrogen-bond donors (Lipinski definition) is 0. The van der Waals surface area contributed by atoms with Crippen LogP contribution in [0.1, 0.15) is 11.3 Å². The van der Waals surface area contributed by atoms with Gasteiger partial charge in [-0.3, -0.25) is 0 Å². The summed E-state index contributed by atoms with van der Waals surface area (Å²) >= 11 is 0. The number of ether oxygens (including phenoxy) is 1. The number of nitrogens with zero attached hydrogens (tertiary/aromatic N) is 1. The zero-order valence-electron chi connectivity index (χ0n) is 9.37. The van der Waals surface area contributed by atoms with E-state index in [0.29, 0.717) is 17.1 Å². The number of carbonyl (C=O) groups excluding carboxylic acids is 1. The Morgan fingerprint density at radius 2 is 2.06 bits per heavy atom. The van der Waals surface area contributed by atoms with E-state index in [1.807, 2.05) is 6.07 Å². The minimum atomic E-state index is -0.504. The summed E-state index contributed by atoms with van der Waals surface area (Å²) in [6.07, 6.45) is 4.31. The highest BCUT2D eigenvalue weighted by Crippen LogP contribution is 2.12. The number of rotatable bonds is 3. The summed E-state index contributed by atoms with van der Waals surface area (Å²) in [5.41, 5.74) is 0.515. The maximum atomic E-state index is 11.4. The molecule has 0 saturated carbocycles. The fraction of sp³-hybridized carbons (Fsp3) is 0. The van der Waals surface area contributed by atoms with Gasteiger partial charge in [0.15, 0.2) is 0 Å². The number of nitriles is 1. The Kier molecular flexibility index (Phi) is 3.57. The van der Waals surface area contributed by atoms with Crippen LogP contribution >= 0.6 is 0 Å². The maximum Gasteiger partial charge on any atom is 0.336 e. The minimum absolute atomic E-state index is 0.392. The predicted octanol–water partition coefficient (Wildman–Crippen LogP) is 2.77. The smallest absolute Gasteiger partial charge is 0.336 e. The lowest BCUT2D eigenvalue weighted by Crippen LogP contribution is -2.03. The van der Waals surface area contributed by atoms with Crippen molar-refractivity contribution in [3.63, 3.8) is 0 Å². The third-order valence-electron chi connectivity index (χ3n) is 2.13. The van der Waals surface area contributed by atoms with Crippen LogP contribution < -0.4 is 4.74 Å². The summed E-state index contributed by atoms with van der Waals surface area (Å²) < 4.78 is 10.1. The van der Waals surface area contributed by atoms with Crippen LogP contribution in [0.4, 0.5) is 0 Å².